The first-order valence-corrected chi connectivity index (χ1v) is 8.28. The van der Waals surface area contributed by atoms with Gasteiger partial charge >= 0.3 is 0 Å². The van der Waals surface area contributed by atoms with E-state index in [0.29, 0.717) is 17.7 Å². The third-order valence-electron chi connectivity index (χ3n) is 3.53. The van der Waals surface area contributed by atoms with E-state index < -0.39 is 0 Å². The van der Waals surface area contributed by atoms with Gasteiger partial charge in [0.2, 0.25) is 0 Å². The molecule has 0 aliphatic rings. The molecule has 0 atom stereocenters. The summed E-state index contributed by atoms with van der Waals surface area (Å²) in [5, 5.41) is 1.44. The zero-order valence-corrected chi connectivity index (χ0v) is 13.5. The highest BCUT2D eigenvalue weighted by Crippen LogP contribution is 2.21. The molecule has 2 aromatic heterocycles. The first kappa shape index (κ1) is 14.8. The van der Waals surface area contributed by atoms with Crippen LogP contribution in [-0.2, 0) is 19.3 Å². The molecular weight excluding hydrogens is 296 g/mol. The third-order valence-corrected chi connectivity index (χ3v) is 4.50. The number of aryl methyl sites for hydroxylation is 1. The smallest absolute Gasteiger partial charge is 0.262 e. The summed E-state index contributed by atoms with van der Waals surface area (Å²) in [6.07, 6.45) is 4.60. The Kier molecular flexibility index (Phi) is 4.29. The Morgan fingerprint density at radius 3 is 2.82 bits per heavy atom. The van der Waals surface area contributed by atoms with Crippen molar-refractivity contribution in [1.82, 2.24) is 19.1 Å². The quantitative estimate of drug-likeness (QED) is 0.537. The van der Waals surface area contributed by atoms with Gasteiger partial charge < -0.3 is 4.57 Å². The second-order valence-electron chi connectivity index (χ2n) is 5.11. The van der Waals surface area contributed by atoms with Gasteiger partial charge in [-0.2, -0.15) is 0 Å². The number of thioether (sulfide) groups is 1. The molecule has 2 heterocycles. The summed E-state index contributed by atoms with van der Waals surface area (Å²) in [5.74, 6) is 1.66. The molecule has 6 heteroatoms. The average molecular weight is 314 g/mol. The van der Waals surface area contributed by atoms with Crippen LogP contribution in [0.2, 0.25) is 0 Å². The van der Waals surface area contributed by atoms with Gasteiger partial charge in [-0.05, 0) is 18.6 Å². The van der Waals surface area contributed by atoms with Crippen molar-refractivity contribution in [1.29, 1.82) is 0 Å². The molecule has 1 aromatic carbocycles. The Bertz CT molecular complexity index is 853. The van der Waals surface area contributed by atoms with Crippen molar-refractivity contribution >= 4 is 22.7 Å². The molecule has 3 aromatic rings. The van der Waals surface area contributed by atoms with Crippen LogP contribution < -0.4 is 5.56 Å². The van der Waals surface area contributed by atoms with Gasteiger partial charge in [-0.3, -0.25) is 9.36 Å². The number of nitrogens with zero attached hydrogens (tertiary/aromatic N) is 4. The summed E-state index contributed by atoms with van der Waals surface area (Å²) in [4.78, 5) is 21.6. The monoisotopic (exact) mass is 314 g/mol. The van der Waals surface area contributed by atoms with E-state index in [0.717, 1.165) is 22.9 Å². The van der Waals surface area contributed by atoms with Gasteiger partial charge in [-0.15, -0.1) is 0 Å². The molecule has 0 saturated carbocycles. The van der Waals surface area contributed by atoms with Crippen molar-refractivity contribution in [3.8, 4) is 0 Å². The molecule has 0 spiro atoms. The van der Waals surface area contributed by atoms with Gasteiger partial charge in [0.1, 0.15) is 5.82 Å². The number of rotatable bonds is 5. The Balaban J connectivity index is 2.01. The molecule has 0 N–H and O–H groups in total. The number of imidazole rings is 1. The summed E-state index contributed by atoms with van der Waals surface area (Å²) in [5.41, 5.74) is 0.789. The van der Waals surface area contributed by atoms with Crippen LogP contribution in [0.15, 0.2) is 46.6 Å². The lowest BCUT2D eigenvalue weighted by Gasteiger charge is -2.12. The van der Waals surface area contributed by atoms with Gasteiger partial charge in [0.15, 0.2) is 5.16 Å². The van der Waals surface area contributed by atoms with Crippen LogP contribution in [0.3, 0.4) is 0 Å². The minimum absolute atomic E-state index is 0.0368. The molecule has 0 bridgehead atoms. The SMILES string of the molecule is CCCn1c(SCc2nccn2C)nc2ccccc2c1=O. The molecule has 0 saturated heterocycles. The van der Waals surface area contributed by atoms with Crippen molar-refractivity contribution in [3.05, 3.63) is 52.8 Å². The number of fused-ring (bicyclic) bond motifs is 1. The largest absolute Gasteiger partial charge is 0.337 e. The van der Waals surface area contributed by atoms with Crippen LogP contribution in [0, 0.1) is 0 Å². The standard InChI is InChI=1S/C16H18N4OS/c1-3-9-20-15(21)12-6-4-5-7-13(12)18-16(20)22-11-14-17-8-10-19(14)2/h4-8,10H,3,9,11H2,1-2H3. The fourth-order valence-corrected chi connectivity index (χ4v) is 3.37. The van der Waals surface area contributed by atoms with Crippen LogP contribution in [0.25, 0.3) is 10.9 Å². The van der Waals surface area contributed by atoms with E-state index in [-0.39, 0.29) is 5.56 Å². The highest BCUT2D eigenvalue weighted by Gasteiger charge is 2.11. The molecule has 3 rings (SSSR count). The lowest BCUT2D eigenvalue weighted by Crippen LogP contribution is -2.23. The van der Waals surface area contributed by atoms with Crippen LogP contribution in [0.4, 0.5) is 0 Å². The summed E-state index contributed by atoms with van der Waals surface area (Å²) in [6, 6.07) is 7.51. The Morgan fingerprint density at radius 2 is 2.09 bits per heavy atom. The highest BCUT2D eigenvalue weighted by molar-refractivity contribution is 7.98. The molecule has 5 nitrogen and oxygen atoms in total. The van der Waals surface area contributed by atoms with Gasteiger partial charge in [-0.1, -0.05) is 30.8 Å². The maximum atomic E-state index is 12.7. The summed E-state index contributed by atoms with van der Waals surface area (Å²) in [7, 11) is 1.97. The molecule has 0 aliphatic heterocycles. The molecular formula is C16H18N4OS. The fraction of sp³-hybridized carbons (Fsp3) is 0.312. The van der Waals surface area contributed by atoms with Crippen molar-refractivity contribution in [3.63, 3.8) is 0 Å². The lowest BCUT2D eigenvalue weighted by molar-refractivity contribution is 0.584. The maximum Gasteiger partial charge on any atom is 0.262 e. The zero-order valence-electron chi connectivity index (χ0n) is 12.7. The van der Waals surface area contributed by atoms with Crippen LogP contribution in [-0.4, -0.2) is 19.1 Å². The molecule has 0 unspecified atom stereocenters. The summed E-state index contributed by atoms with van der Waals surface area (Å²) < 4.78 is 3.76. The maximum absolute atomic E-state index is 12.7. The van der Waals surface area contributed by atoms with Crippen molar-refractivity contribution < 1.29 is 0 Å². The average Bonchev–Trinajstić information content (AvgIpc) is 2.94. The van der Waals surface area contributed by atoms with E-state index in [1.54, 1.807) is 22.5 Å². The third kappa shape index (κ3) is 2.78. The van der Waals surface area contributed by atoms with E-state index in [1.807, 2.05) is 42.1 Å². The van der Waals surface area contributed by atoms with Crippen LogP contribution >= 0.6 is 11.8 Å². The first-order valence-electron chi connectivity index (χ1n) is 7.29. The van der Waals surface area contributed by atoms with Crippen LogP contribution in [0.1, 0.15) is 19.2 Å². The van der Waals surface area contributed by atoms with Crippen LogP contribution in [0.5, 0.6) is 0 Å². The van der Waals surface area contributed by atoms with E-state index >= 15 is 0 Å². The molecule has 0 fully saturated rings. The van der Waals surface area contributed by atoms with E-state index in [4.69, 9.17) is 0 Å². The number of hydrogen-bond acceptors (Lipinski definition) is 4. The number of aromatic nitrogens is 4. The van der Waals surface area contributed by atoms with E-state index in [1.165, 1.54) is 0 Å². The van der Waals surface area contributed by atoms with Gasteiger partial charge in [0.25, 0.3) is 5.56 Å². The van der Waals surface area contributed by atoms with Crippen molar-refractivity contribution in [2.75, 3.05) is 0 Å². The lowest BCUT2D eigenvalue weighted by atomic mass is 10.2. The predicted molar refractivity (Wildman–Crippen MR) is 89.1 cm³/mol. The predicted octanol–water partition coefficient (Wildman–Crippen LogP) is 2.83. The van der Waals surface area contributed by atoms with Gasteiger partial charge in [0, 0.05) is 26.0 Å². The van der Waals surface area contributed by atoms with Crippen molar-refractivity contribution in [2.24, 2.45) is 7.05 Å². The second kappa shape index (κ2) is 6.36. The Labute approximate surface area is 133 Å². The minimum atomic E-state index is 0.0368. The Hall–Kier alpha value is -2.08. The summed E-state index contributed by atoms with van der Waals surface area (Å²) in [6.45, 7) is 2.74. The minimum Gasteiger partial charge on any atom is -0.337 e. The number of benzene rings is 1. The highest BCUT2D eigenvalue weighted by atomic mass is 32.2. The Morgan fingerprint density at radius 1 is 1.27 bits per heavy atom. The van der Waals surface area contributed by atoms with Crippen molar-refractivity contribution in [2.45, 2.75) is 30.8 Å². The molecule has 0 aliphatic carbocycles. The fourth-order valence-electron chi connectivity index (χ4n) is 2.34. The topological polar surface area (TPSA) is 52.7 Å². The molecule has 22 heavy (non-hydrogen) atoms. The zero-order chi connectivity index (χ0) is 15.5. The molecule has 0 amide bonds. The molecule has 0 radical (unpaired) electrons. The number of para-hydroxylation sites is 1. The van der Waals surface area contributed by atoms with Gasteiger partial charge in [0.05, 0.1) is 16.7 Å². The van der Waals surface area contributed by atoms with E-state index in [9.17, 15) is 4.79 Å². The number of hydrogen-bond donors (Lipinski definition) is 0. The first-order chi connectivity index (χ1) is 10.7. The van der Waals surface area contributed by atoms with Gasteiger partial charge in [-0.25, -0.2) is 9.97 Å². The molecule has 114 valence electrons. The normalized spacial score (nSPS) is 11.2. The summed E-state index contributed by atoms with van der Waals surface area (Å²) >= 11 is 1.56. The second-order valence-corrected chi connectivity index (χ2v) is 6.05. The van der Waals surface area contributed by atoms with E-state index in [2.05, 4.69) is 16.9 Å².